The Hall–Kier alpha value is 0.400. The van der Waals surface area contributed by atoms with Crippen LogP contribution in [-0.2, 0) is 0 Å². The van der Waals surface area contributed by atoms with Crippen molar-refractivity contribution in [2.45, 2.75) is 51.0 Å². The molecule has 1 aliphatic heterocycles. The van der Waals surface area contributed by atoms with Gasteiger partial charge in [-0.25, -0.2) is 0 Å². The average Bonchev–Trinajstić information content (AvgIpc) is 3.01. The van der Waals surface area contributed by atoms with Crippen molar-refractivity contribution in [1.29, 1.82) is 0 Å². The molecule has 2 nitrogen and oxygen atoms in total. The van der Waals surface area contributed by atoms with Crippen LogP contribution < -0.4 is 0 Å². The first-order valence-corrected chi connectivity index (χ1v) is 8.54. The third kappa shape index (κ3) is 4.53. The molecule has 0 unspecified atom stereocenters. The number of nitrogens with zero attached hydrogens (tertiary/aromatic N) is 2. The second-order valence-electron chi connectivity index (χ2n) is 5.57. The molecule has 0 radical (unpaired) electrons. The monoisotopic (exact) mass is 302 g/mol. The smallest absolute Gasteiger partial charge is 0.0159 e. The lowest BCUT2D eigenvalue weighted by molar-refractivity contribution is 0.196. The molecule has 100 valence electrons. The highest BCUT2D eigenvalue weighted by Crippen LogP contribution is 2.23. The minimum atomic E-state index is 0.895. The maximum Gasteiger partial charge on any atom is 0.0159 e. The number of likely N-dealkylation sites (tertiary alicyclic amines) is 1. The Morgan fingerprint density at radius 1 is 1.00 bits per heavy atom. The van der Waals surface area contributed by atoms with E-state index in [1.807, 2.05) is 0 Å². The van der Waals surface area contributed by atoms with Gasteiger partial charge in [0.15, 0.2) is 0 Å². The van der Waals surface area contributed by atoms with E-state index in [2.05, 4.69) is 25.7 Å². The molecule has 0 amide bonds. The fourth-order valence-electron chi connectivity index (χ4n) is 3.36. The van der Waals surface area contributed by atoms with Crippen LogP contribution in [-0.4, -0.2) is 53.9 Å². The number of alkyl halides is 1. The van der Waals surface area contributed by atoms with Crippen LogP contribution in [0.4, 0.5) is 0 Å². The number of hydrogen-bond acceptors (Lipinski definition) is 2. The molecule has 0 aromatic carbocycles. The van der Waals surface area contributed by atoms with Gasteiger partial charge in [0.05, 0.1) is 0 Å². The highest BCUT2D eigenvalue weighted by molar-refractivity contribution is 9.09. The lowest BCUT2D eigenvalue weighted by Crippen LogP contribution is -2.37. The standard InChI is InChI=1S/C14H27BrN2/c15-8-13-17(14-6-1-2-7-14)12-5-11-16-9-3-4-10-16/h14H,1-13H2. The van der Waals surface area contributed by atoms with E-state index in [-0.39, 0.29) is 0 Å². The van der Waals surface area contributed by atoms with Crippen LogP contribution in [0.3, 0.4) is 0 Å². The van der Waals surface area contributed by atoms with E-state index in [0.29, 0.717) is 0 Å². The van der Waals surface area contributed by atoms with Gasteiger partial charge in [-0.15, -0.1) is 0 Å². The minimum Gasteiger partial charge on any atom is -0.303 e. The number of halogens is 1. The van der Waals surface area contributed by atoms with E-state index in [4.69, 9.17) is 0 Å². The Balaban J connectivity index is 1.65. The van der Waals surface area contributed by atoms with Crippen molar-refractivity contribution in [1.82, 2.24) is 9.80 Å². The fraction of sp³-hybridized carbons (Fsp3) is 1.00. The second-order valence-corrected chi connectivity index (χ2v) is 6.36. The Morgan fingerprint density at radius 3 is 2.35 bits per heavy atom. The lowest BCUT2D eigenvalue weighted by atomic mass is 10.2. The van der Waals surface area contributed by atoms with Crippen LogP contribution in [0.25, 0.3) is 0 Å². The van der Waals surface area contributed by atoms with Crippen molar-refractivity contribution in [2.75, 3.05) is 38.1 Å². The van der Waals surface area contributed by atoms with Crippen molar-refractivity contribution in [3.05, 3.63) is 0 Å². The van der Waals surface area contributed by atoms with Gasteiger partial charge in [0.2, 0.25) is 0 Å². The molecule has 0 N–H and O–H groups in total. The molecule has 0 spiro atoms. The van der Waals surface area contributed by atoms with Gasteiger partial charge in [-0.2, -0.15) is 0 Å². The molecule has 2 fully saturated rings. The normalized spacial score (nSPS) is 22.9. The molecule has 2 rings (SSSR count). The average molecular weight is 303 g/mol. The Bertz CT molecular complexity index is 198. The first-order chi connectivity index (χ1) is 8.40. The van der Waals surface area contributed by atoms with Crippen LogP contribution >= 0.6 is 15.9 Å². The molecule has 3 heteroatoms. The number of hydrogen-bond donors (Lipinski definition) is 0. The SMILES string of the molecule is BrCCN(CCCN1CCCC1)C1CCCC1. The minimum absolute atomic E-state index is 0.895. The quantitative estimate of drug-likeness (QED) is 0.667. The van der Waals surface area contributed by atoms with Crippen molar-refractivity contribution < 1.29 is 0 Å². The zero-order chi connectivity index (χ0) is 11.9. The predicted octanol–water partition coefficient (Wildman–Crippen LogP) is 3.11. The molecule has 1 saturated heterocycles. The first-order valence-electron chi connectivity index (χ1n) is 7.42. The Morgan fingerprint density at radius 2 is 1.71 bits per heavy atom. The van der Waals surface area contributed by atoms with Gasteiger partial charge < -0.3 is 4.90 Å². The van der Waals surface area contributed by atoms with Crippen molar-refractivity contribution in [3.8, 4) is 0 Å². The maximum absolute atomic E-state index is 3.60. The molecule has 2 aliphatic rings. The van der Waals surface area contributed by atoms with Crippen LogP contribution in [0.15, 0.2) is 0 Å². The summed E-state index contributed by atoms with van der Waals surface area (Å²) < 4.78 is 0. The van der Waals surface area contributed by atoms with Gasteiger partial charge in [0.25, 0.3) is 0 Å². The molecule has 1 heterocycles. The summed E-state index contributed by atoms with van der Waals surface area (Å²) in [7, 11) is 0. The zero-order valence-electron chi connectivity index (χ0n) is 11.0. The summed E-state index contributed by atoms with van der Waals surface area (Å²) in [5.41, 5.74) is 0. The molecule has 17 heavy (non-hydrogen) atoms. The fourth-order valence-corrected chi connectivity index (χ4v) is 3.81. The number of rotatable bonds is 7. The summed E-state index contributed by atoms with van der Waals surface area (Å²) in [6.45, 7) is 6.58. The van der Waals surface area contributed by atoms with Crippen LogP contribution in [0.1, 0.15) is 44.9 Å². The molecule has 1 saturated carbocycles. The van der Waals surface area contributed by atoms with Gasteiger partial charge in [-0.1, -0.05) is 28.8 Å². The van der Waals surface area contributed by atoms with Crippen molar-refractivity contribution >= 4 is 15.9 Å². The van der Waals surface area contributed by atoms with Crippen LogP contribution in [0.2, 0.25) is 0 Å². The Kier molecular flexibility index (Phi) is 6.30. The summed E-state index contributed by atoms with van der Waals surface area (Å²) in [5.74, 6) is 0. The van der Waals surface area contributed by atoms with Gasteiger partial charge in [0, 0.05) is 17.9 Å². The van der Waals surface area contributed by atoms with E-state index in [0.717, 1.165) is 11.4 Å². The van der Waals surface area contributed by atoms with Crippen LogP contribution in [0.5, 0.6) is 0 Å². The van der Waals surface area contributed by atoms with E-state index >= 15 is 0 Å². The van der Waals surface area contributed by atoms with E-state index in [1.165, 1.54) is 77.7 Å². The summed E-state index contributed by atoms with van der Waals surface area (Å²) in [6.07, 6.45) is 10.0. The third-order valence-electron chi connectivity index (χ3n) is 4.33. The van der Waals surface area contributed by atoms with Crippen molar-refractivity contribution in [3.63, 3.8) is 0 Å². The van der Waals surface area contributed by atoms with Gasteiger partial charge in [-0.3, -0.25) is 4.90 Å². The molecule has 0 aromatic rings. The van der Waals surface area contributed by atoms with E-state index in [9.17, 15) is 0 Å². The topological polar surface area (TPSA) is 6.48 Å². The van der Waals surface area contributed by atoms with Gasteiger partial charge >= 0.3 is 0 Å². The summed E-state index contributed by atoms with van der Waals surface area (Å²) in [6, 6.07) is 0.895. The second kappa shape index (κ2) is 7.75. The van der Waals surface area contributed by atoms with Crippen LogP contribution in [0, 0.1) is 0 Å². The largest absolute Gasteiger partial charge is 0.303 e. The van der Waals surface area contributed by atoms with E-state index < -0.39 is 0 Å². The lowest BCUT2D eigenvalue weighted by Gasteiger charge is -2.28. The molecule has 0 aromatic heterocycles. The summed E-state index contributed by atoms with van der Waals surface area (Å²) in [5, 5.41) is 1.13. The van der Waals surface area contributed by atoms with E-state index in [1.54, 1.807) is 0 Å². The Labute approximate surface area is 115 Å². The highest BCUT2D eigenvalue weighted by Gasteiger charge is 2.21. The zero-order valence-corrected chi connectivity index (χ0v) is 12.6. The third-order valence-corrected chi connectivity index (χ3v) is 4.69. The molecule has 0 bridgehead atoms. The summed E-state index contributed by atoms with van der Waals surface area (Å²) in [4.78, 5) is 5.37. The molecule has 0 atom stereocenters. The summed E-state index contributed by atoms with van der Waals surface area (Å²) >= 11 is 3.60. The predicted molar refractivity (Wildman–Crippen MR) is 77.9 cm³/mol. The van der Waals surface area contributed by atoms with Gasteiger partial charge in [-0.05, 0) is 58.3 Å². The van der Waals surface area contributed by atoms with Crippen molar-refractivity contribution in [2.24, 2.45) is 0 Å². The maximum atomic E-state index is 3.60. The molecule has 1 aliphatic carbocycles. The molecular weight excluding hydrogens is 276 g/mol. The first kappa shape index (κ1) is 13.8. The molecular formula is C14H27BrN2. The van der Waals surface area contributed by atoms with Gasteiger partial charge in [0.1, 0.15) is 0 Å². The highest BCUT2D eigenvalue weighted by atomic mass is 79.9.